The zero-order valence-electron chi connectivity index (χ0n) is 43.1. The maximum absolute atomic E-state index is 12.5. The molecule has 0 spiro atoms. The second-order valence-electron chi connectivity index (χ2n) is 17.2. The first-order valence-electron chi connectivity index (χ1n) is 23.4. The lowest BCUT2D eigenvalue weighted by atomic mass is 10.1. The van der Waals surface area contributed by atoms with E-state index in [0.717, 1.165) is 44.0 Å². The van der Waals surface area contributed by atoms with Crippen molar-refractivity contribution in [3.63, 3.8) is 0 Å². The summed E-state index contributed by atoms with van der Waals surface area (Å²) in [5.41, 5.74) is 6.16. The SMILES string of the molecule is BrB(Br)Br.CC(C)c1csc(-c2cc(=O)c3ccc(O)c(Cl)c3[nH]2)n1.COCCBr.COCCOc1ccc2c(=O)cc(-c3nc(C(C)C)cs3)[nH]c2c1Cl.COc1ccc2c(=O)cc(-c3nc(C(C)C)cs3)[nH]c2c1Cl. The fraction of sp³-hybridized carbons (Fsp3) is 0.308. The molecule has 0 aliphatic carbocycles. The number of hydrogen-bond acceptors (Lipinski definition) is 14. The van der Waals surface area contributed by atoms with Gasteiger partial charge < -0.3 is 39.0 Å². The summed E-state index contributed by atoms with van der Waals surface area (Å²) in [6.45, 7) is 14.1. The molecule has 0 unspecified atom stereocenters. The number of fused-ring (bicyclic) bond motifs is 3. The summed E-state index contributed by atoms with van der Waals surface area (Å²) in [6.07, 6.45) is 0. The van der Waals surface area contributed by atoms with Gasteiger partial charge in [0, 0.05) is 70.0 Å². The van der Waals surface area contributed by atoms with Crippen molar-refractivity contribution in [1.82, 2.24) is 29.9 Å². The Labute approximate surface area is 505 Å². The van der Waals surface area contributed by atoms with Crippen LogP contribution in [0.5, 0.6) is 17.2 Å². The van der Waals surface area contributed by atoms with Gasteiger partial charge in [0.2, 0.25) is 0 Å². The minimum Gasteiger partial charge on any atom is -0.506 e. The molecule has 0 aliphatic heterocycles. The van der Waals surface area contributed by atoms with Gasteiger partial charge in [-0.05, 0) is 54.2 Å². The number of pyridine rings is 3. The fourth-order valence-corrected chi connectivity index (χ4v) is 10.7. The summed E-state index contributed by atoms with van der Waals surface area (Å²) >= 11 is 35.8. The third kappa shape index (κ3) is 17.4. The first-order chi connectivity index (χ1) is 36.6. The smallest absolute Gasteiger partial charge is 0.369 e. The van der Waals surface area contributed by atoms with Crippen molar-refractivity contribution in [2.75, 3.05) is 46.5 Å². The molecule has 9 aromatic rings. The summed E-state index contributed by atoms with van der Waals surface area (Å²) in [5.74, 6) is 2.00. The molecule has 4 N–H and O–H groups in total. The Morgan fingerprint density at radius 2 is 0.909 bits per heavy atom. The van der Waals surface area contributed by atoms with Crippen molar-refractivity contribution >= 4 is 168 Å². The predicted octanol–water partition coefficient (Wildman–Crippen LogP) is 16.2. The molecule has 3 aromatic carbocycles. The Kier molecular flexibility index (Phi) is 25.7. The minimum atomic E-state index is -0.151. The summed E-state index contributed by atoms with van der Waals surface area (Å²) < 4.78 is 20.7. The number of alkyl halides is 1. The highest BCUT2D eigenvalue weighted by molar-refractivity contribution is 9.69. The van der Waals surface area contributed by atoms with Gasteiger partial charge >= 0.3 is 3.18 Å². The second kappa shape index (κ2) is 30.8. The zero-order valence-corrected chi connectivity index (χ0v) is 54.1. The van der Waals surface area contributed by atoms with Gasteiger partial charge in [-0.25, -0.2) is 15.0 Å². The molecule has 0 radical (unpaired) electrons. The molecule has 0 amide bonds. The Morgan fingerprint density at radius 1 is 0.558 bits per heavy atom. The van der Waals surface area contributed by atoms with E-state index < -0.39 is 0 Å². The lowest BCUT2D eigenvalue weighted by Crippen LogP contribution is -2.07. The van der Waals surface area contributed by atoms with Crippen molar-refractivity contribution in [3.05, 3.63) is 134 Å². The Morgan fingerprint density at radius 3 is 1.23 bits per heavy atom. The Balaban J connectivity index is 0.000000197. The maximum atomic E-state index is 12.5. The van der Waals surface area contributed by atoms with Gasteiger partial charge in [0.05, 0.1) is 71.0 Å². The van der Waals surface area contributed by atoms with Gasteiger partial charge in [-0.1, -0.05) is 92.3 Å². The number of H-pyrrole nitrogens is 3. The summed E-state index contributed by atoms with van der Waals surface area (Å²) in [7, 11) is 4.83. The van der Waals surface area contributed by atoms with E-state index in [1.165, 1.54) is 46.1 Å². The van der Waals surface area contributed by atoms with Crippen LogP contribution in [0, 0.1) is 0 Å². The van der Waals surface area contributed by atoms with Gasteiger partial charge in [-0.2, -0.15) is 0 Å². The molecule has 6 heterocycles. The van der Waals surface area contributed by atoms with Crippen molar-refractivity contribution in [3.8, 4) is 49.4 Å². The van der Waals surface area contributed by atoms with Crippen molar-refractivity contribution in [2.24, 2.45) is 0 Å². The first kappa shape index (κ1) is 64.2. The van der Waals surface area contributed by atoms with E-state index in [4.69, 9.17) is 49.0 Å². The molecule has 6 aromatic heterocycles. The lowest BCUT2D eigenvalue weighted by molar-refractivity contribution is 0.146. The lowest BCUT2D eigenvalue weighted by Gasteiger charge is -2.10. The predicted molar refractivity (Wildman–Crippen MR) is 338 cm³/mol. The highest BCUT2D eigenvalue weighted by atomic mass is 79.9. The number of thiazole rings is 3. The summed E-state index contributed by atoms with van der Waals surface area (Å²) in [5, 5.41) is 21.3. The number of phenols is 1. The van der Waals surface area contributed by atoms with Crippen LogP contribution in [-0.4, -0.2) is 84.7 Å². The number of aromatic nitrogens is 6. The largest absolute Gasteiger partial charge is 0.506 e. The van der Waals surface area contributed by atoms with Gasteiger partial charge in [0.25, 0.3) is 0 Å². The molecular formula is C52H54BBr4Cl3N6O8S3. The number of methoxy groups -OCH3 is 3. The Hall–Kier alpha value is -3.65. The Bertz CT molecular complexity index is 3590. The van der Waals surface area contributed by atoms with E-state index in [1.807, 2.05) is 16.1 Å². The molecule has 0 saturated heterocycles. The average Bonchev–Trinajstić information content (AvgIpc) is 4.21. The maximum Gasteiger partial charge on any atom is 0.369 e. The molecule has 25 heteroatoms. The number of nitrogens with one attached hydrogen (secondary N) is 3. The van der Waals surface area contributed by atoms with Gasteiger partial charge in [0.1, 0.15) is 53.9 Å². The van der Waals surface area contributed by atoms with E-state index in [9.17, 15) is 19.5 Å². The molecule has 9 rings (SSSR count). The third-order valence-electron chi connectivity index (χ3n) is 10.8. The molecule has 410 valence electrons. The van der Waals surface area contributed by atoms with E-state index in [0.29, 0.717) is 102 Å². The molecule has 0 saturated carbocycles. The molecule has 0 bridgehead atoms. The van der Waals surface area contributed by atoms with Crippen LogP contribution in [0.25, 0.3) is 64.8 Å². The number of ether oxygens (including phenoxy) is 4. The number of rotatable bonds is 13. The number of nitrogens with zero attached hydrogens (tertiary/aromatic N) is 3. The molecule has 0 fully saturated rings. The third-order valence-corrected chi connectivity index (χ3v) is 15.0. The molecule has 77 heavy (non-hydrogen) atoms. The molecular weight excluding hydrogens is 1370 g/mol. The van der Waals surface area contributed by atoms with Crippen LogP contribution in [-0.2, 0) is 9.47 Å². The van der Waals surface area contributed by atoms with Crippen molar-refractivity contribution in [2.45, 2.75) is 59.3 Å². The zero-order chi connectivity index (χ0) is 56.7. The van der Waals surface area contributed by atoms with Gasteiger partial charge in [-0.15, -0.1) is 81.3 Å². The molecule has 0 atom stereocenters. The van der Waals surface area contributed by atoms with Crippen LogP contribution in [0.15, 0.2) is 85.1 Å². The number of benzene rings is 3. The van der Waals surface area contributed by atoms with Crippen molar-refractivity contribution < 1.29 is 24.1 Å². The number of aromatic hydroxyl groups is 1. The minimum absolute atomic E-state index is 0.0565. The highest BCUT2D eigenvalue weighted by Crippen LogP contribution is 2.36. The average molecular weight is 1420 g/mol. The monoisotopic (exact) mass is 1420 g/mol. The number of halogens is 7. The summed E-state index contributed by atoms with van der Waals surface area (Å²) in [6, 6.07) is 14.4. The van der Waals surface area contributed by atoms with Crippen LogP contribution >= 0.6 is 132 Å². The molecule has 14 nitrogen and oxygen atoms in total. The van der Waals surface area contributed by atoms with E-state index in [2.05, 4.69) is 139 Å². The summed E-state index contributed by atoms with van der Waals surface area (Å²) in [4.78, 5) is 60.2. The van der Waals surface area contributed by atoms with Crippen LogP contribution < -0.4 is 25.8 Å². The van der Waals surface area contributed by atoms with Crippen molar-refractivity contribution in [1.29, 1.82) is 0 Å². The number of aromatic amines is 3. The van der Waals surface area contributed by atoms with E-state index in [1.54, 1.807) is 63.8 Å². The van der Waals surface area contributed by atoms with E-state index >= 15 is 0 Å². The standard InChI is InChI=1S/C18H19ClN2O3S.C16H15ClN2O2S.C15H13ClN2O2S.C3H7BrO.BBr3/c1-10(2)13-9-25-18(21-13)12-8-14(22)11-4-5-15(24-7-6-23-3)16(19)17(11)20-12;1-8(2)11-7-22-16(19-11)10-6-12(20)9-4-5-13(21-3)14(17)15(9)18-10;1-7(2)10-6-21-15(18-10)9-5-12(20)8-3-4-11(19)13(16)14(8)17-9;1-5-3-2-4;2-1(3)4/h4-5,8-10H,6-7H2,1-3H3,(H,20,22);4-8H,1-3H3,(H,18,20);3-7,19H,1-2H3,(H,17,20);2-3H2,1H3;. The molecule has 0 aliphatic rings. The fourth-order valence-electron chi connectivity index (χ4n) is 6.75. The van der Waals surface area contributed by atoms with Crippen LogP contribution in [0.1, 0.15) is 76.4 Å². The van der Waals surface area contributed by atoms with Crippen LogP contribution in [0.4, 0.5) is 0 Å². The normalized spacial score (nSPS) is 10.9. The topological polar surface area (TPSA) is 194 Å². The number of hydrogen-bond donors (Lipinski definition) is 4. The quantitative estimate of drug-likeness (QED) is 0.0487. The highest BCUT2D eigenvalue weighted by Gasteiger charge is 2.17. The van der Waals surface area contributed by atoms with Crippen LogP contribution in [0.2, 0.25) is 15.1 Å². The van der Waals surface area contributed by atoms with Gasteiger partial charge in [0.15, 0.2) is 16.3 Å². The van der Waals surface area contributed by atoms with E-state index in [-0.39, 0.29) is 30.2 Å². The second-order valence-corrected chi connectivity index (χ2v) is 28.2. The van der Waals surface area contributed by atoms with Crippen LogP contribution in [0.3, 0.4) is 0 Å². The van der Waals surface area contributed by atoms with Gasteiger partial charge in [-0.3, -0.25) is 14.4 Å². The number of phenolic OH excluding ortho intramolecular Hbond substituents is 1. The first-order valence-corrected chi connectivity index (χ1v) is 31.0.